The van der Waals surface area contributed by atoms with Crippen LogP contribution >= 0.6 is 7.29 Å². The van der Waals surface area contributed by atoms with Crippen molar-refractivity contribution in [3.05, 3.63) is 77.9 Å². The minimum Gasteiger partial charge on any atom is -0.301 e. The summed E-state index contributed by atoms with van der Waals surface area (Å²) in [5.41, 5.74) is 2.45. The number of nitrogens with zero attached hydrogens (tertiary/aromatic N) is 1. The van der Waals surface area contributed by atoms with Crippen LogP contribution in [0.15, 0.2) is 66.7 Å². The molecule has 0 saturated carbocycles. The van der Waals surface area contributed by atoms with Crippen LogP contribution in [0.4, 0.5) is 0 Å². The van der Waals surface area contributed by atoms with Gasteiger partial charge in [0.1, 0.15) is 0 Å². The van der Waals surface area contributed by atoms with Crippen LogP contribution in [-0.2, 0) is 4.57 Å². The van der Waals surface area contributed by atoms with Gasteiger partial charge in [0.05, 0.1) is 5.66 Å². The number of allylic oxidation sites excluding steroid dienone is 1. The summed E-state index contributed by atoms with van der Waals surface area (Å²) in [6, 6.07) is 20.8. The molecule has 2 atom stereocenters. The van der Waals surface area contributed by atoms with Crippen LogP contribution in [0.5, 0.6) is 0 Å². The van der Waals surface area contributed by atoms with Crippen molar-refractivity contribution >= 4 is 12.6 Å². The Morgan fingerprint density at radius 1 is 0.833 bits per heavy atom. The van der Waals surface area contributed by atoms with Gasteiger partial charge in [-0.25, -0.2) is 4.67 Å². The molecule has 2 aliphatic rings. The van der Waals surface area contributed by atoms with Gasteiger partial charge in [-0.15, -0.1) is 0 Å². The van der Waals surface area contributed by atoms with Crippen LogP contribution < -0.4 is 0 Å². The van der Waals surface area contributed by atoms with Crippen LogP contribution in [0.2, 0.25) is 0 Å². The van der Waals surface area contributed by atoms with Crippen molar-refractivity contribution in [2.75, 3.05) is 13.1 Å². The maximum absolute atomic E-state index is 14.5. The molecule has 1 fully saturated rings. The second kappa shape index (κ2) is 6.70. The number of rotatable bonds is 3. The van der Waals surface area contributed by atoms with Crippen molar-refractivity contribution in [2.24, 2.45) is 0 Å². The summed E-state index contributed by atoms with van der Waals surface area (Å²) in [5.74, 6) is 0. The van der Waals surface area contributed by atoms with E-state index in [9.17, 15) is 4.57 Å². The van der Waals surface area contributed by atoms with E-state index in [0.29, 0.717) is 0 Å². The number of hydrogen-bond acceptors (Lipinski definition) is 1. The molecule has 0 amide bonds. The Bertz CT molecular complexity index is 763. The molecule has 2 aromatic carbocycles. The lowest BCUT2D eigenvalue weighted by Gasteiger charge is -2.37. The molecule has 0 radical (unpaired) electrons. The van der Waals surface area contributed by atoms with E-state index in [0.717, 1.165) is 43.2 Å². The van der Waals surface area contributed by atoms with Gasteiger partial charge in [0.2, 0.25) is 0 Å². The van der Waals surface area contributed by atoms with Crippen LogP contribution in [0, 0.1) is 0 Å². The largest absolute Gasteiger partial charge is 0.301 e. The van der Waals surface area contributed by atoms with E-state index in [2.05, 4.69) is 47.1 Å². The summed E-state index contributed by atoms with van der Waals surface area (Å²) in [6.07, 6.45) is 6.70. The third kappa shape index (κ3) is 2.68. The van der Waals surface area contributed by atoms with Gasteiger partial charge in [0, 0.05) is 18.4 Å². The van der Waals surface area contributed by atoms with Crippen LogP contribution in [0.25, 0.3) is 5.31 Å². The summed E-state index contributed by atoms with van der Waals surface area (Å²) in [6.45, 7) is 1.93. The molecule has 2 nitrogen and oxygen atoms in total. The first-order valence-corrected chi connectivity index (χ1v) is 10.7. The predicted molar refractivity (Wildman–Crippen MR) is 101 cm³/mol. The van der Waals surface area contributed by atoms with Crippen molar-refractivity contribution in [2.45, 2.75) is 31.3 Å². The van der Waals surface area contributed by atoms with Crippen molar-refractivity contribution in [1.29, 1.82) is 0 Å². The SMILES string of the molecule is O=[P@@]1(N2CCCCC2)C(c2ccccc2)=CC[C@@H]1c1ccccc1. The zero-order valence-electron chi connectivity index (χ0n) is 14.0. The van der Waals surface area contributed by atoms with E-state index in [1.54, 1.807) is 0 Å². The first-order valence-electron chi connectivity index (χ1n) is 8.96. The standard InChI is InChI=1S/C21H24NOP/c23-24(22-16-8-3-9-17-22)20(18-10-4-1-5-11-18)14-15-21(24)19-12-6-2-7-13-19/h1-2,4-7,10-14,21H,3,8-9,15-17H2/t21-,24+/m1/s1. The molecule has 2 heterocycles. The van der Waals surface area contributed by atoms with Crippen molar-refractivity contribution < 1.29 is 4.57 Å². The molecule has 1 saturated heterocycles. The van der Waals surface area contributed by atoms with E-state index in [1.165, 1.54) is 12.0 Å². The van der Waals surface area contributed by atoms with Crippen molar-refractivity contribution in [3.8, 4) is 0 Å². The average molecular weight is 337 g/mol. The van der Waals surface area contributed by atoms with Gasteiger partial charge < -0.3 is 4.57 Å². The minimum absolute atomic E-state index is 0.104. The number of hydrogen-bond donors (Lipinski definition) is 0. The molecular weight excluding hydrogens is 313 g/mol. The highest BCUT2D eigenvalue weighted by molar-refractivity contribution is 7.72. The lowest BCUT2D eigenvalue weighted by molar-refractivity contribution is 0.345. The Balaban J connectivity index is 1.79. The van der Waals surface area contributed by atoms with E-state index in [4.69, 9.17) is 0 Å². The molecule has 0 aliphatic carbocycles. The summed E-state index contributed by atoms with van der Waals surface area (Å²) in [4.78, 5) is 0. The van der Waals surface area contributed by atoms with Gasteiger partial charge in [-0.05, 0) is 30.4 Å². The second-order valence-electron chi connectivity index (χ2n) is 6.75. The highest BCUT2D eigenvalue weighted by Gasteiger charge is 2.46. The highest BCUT2D eigenvalue weighted by Crippen LogP contribution is 2.75. The Morgan fingerprint density at radius 3 is 2.12 bits per heavy atom. The molecular formula is C21H24NOP. The van der Waals surface area contributed by atoms with Gasteiger partial charge in [-0.3, -0.25) is 0 Å². The van der Waals surface area contributed by atoms with E-state index in [1.807, 2.05) is 24.3 Å². The molecule has 0 N–H and O–H groups in total. The fraction of sp³-hybridized carbons (Fsp3) is 0.333. The first-order chi connectivity index (χ1) is 11.8. The van der Waals surface area contributed by atoms with Crippen molar-refractivity contribution in [1.82, 2.24) is 4.67 Å². The average Bonchev–Trinajstić information content (AvgIpc) is 3.02. The predicted octanol–water partition coefficient (Wildman–Crippen LogP) is 5.94. The molecule has 0 bridgehead atoms. The molecule has 0 aromatic heterocycles. The van der Waals surface area contributed by atoms with Crippen LogP contribution in [0.3, 0.4) is 0 Å². The molecule has 24 heavy (non-hydrogen) atoms. The lowest BCUT2D eigenvalue weighted by Crippen LogP contribution is -2.28. The smallest absolute Gasteiger partial charge is 0.186 e. The summed E-state index contributed by atoms with van der Waals surface area (Å²) in [7, 11) is -2.62. The molecule has 2 aromatic rings. The Morgan fingerprint density at radius 2 is 1.46 bits per heavy atom. The maximum Gasteiger partial charge on any atom is 0.186 e. The van der Waals surface area contributed by atoms with E-state index < -0.39 is 7.29 Å². The fourth-order valence-corrected chi connectivity index (χ4v) is 7.88. The molecule has 3 heteroatoms. The normalized spacial score (nSPS) is 27.8. The zero-order valence-corrected chi connectivity index (χ0v) is 14.9. The molecule has 0 spiro atoms. The minimum atomic E-state index is -2.62. The molecule has 0 unspecified atom stereocenters. The van der Waals surface area contributed by atoms with Gasteiger partial charge in [-0.2, -0.15) is 0 Å². The summed E-state index contributed by atoms with van der Waals surface area (Å²) in [5, 5.41) is 1.08. The van der Waals surface area contributed by atoms with E-state index in [-0.39, 0.29) is 5.66 Å². The fourth-order valence-electron chi connectivity index (χ4n) is 4.11. The molecule has 2 aliphatic heterocycles. The Kier molecular flexibility index (Phi) is 4.43. The van der Waals surface area contributed by atoms with Crippen molar-refractivity contribution in [3.63, 3.8) is 0 Å². The van der Waals surface area contributed by atoms with E-state index >= 15 is 0 Å². The monoisotopic (exact) mass is 337 g/mol. The highest BCUT2D eigenvalue weighted by atomic mass is 31.2. The quantitative estimate of drug-likeness (QED) is 0.646. The topological polar surface area (TPSA) is 20.3 Å². The third-order valence-corrected chi connectivity index (χ3v) is 9.03. The first kappa shape index (κ1) is 15.9. The van der Waals surface area contributed by atoms with Crippen LogP contribution in [-0.4, -0.2) is 17.8 Å². The Labute approximate surface area is 144 Å². The third-order valence-electron chi connectivity index (χ3n) is 5.31. The van der Waals surface area contributed by atoms with Gasteiger partial charge in [0.25, 0.3) is 0 Å². The lowest BCUT2D eigenvalue weighted by atomic mass is 10.1. The number of benzene rings is 2. The number of piperidine rings is 1. The molecule has 124 valence electrons. The summed E-state index contributed by atoms with van der Waals surface area (Å²) < 4.78 is 16.8. The Hall–Kier alpha value is -1.63. The second-order valence-corrected chi connectivity index (χ2v) is 9.67. The summed E-state index contributed by atoms with van der Waals surface area (Å²) >= 11 is 0. The zero-order chi connectivity index (χ0) is 16.4. The molecule has 4 rings (SSSR count). The maximum atomic E-state index is 14.5. The van der Waals surface area contributed by atoms with Gasteiger partial charge >= 0.3 is 0 Å². The van der Waals surface area contributed by atoms with Crippen LogP contribution in [0.1, 0.15) is 42.5 Å². The van der Waals surface area contributed by atoms with Gasteiger partial charge in [-0.1, -0.05) is 73.2 Å². The van der Waals surface area contributed by atoms with Gasteiger partial charge in [0.15, 0.2) is 7.29 Å².